The maximum Gasteiger partial charge on any atom is 0.303 e. The van der Waals surface area contributed by atoms with E-state index in [-0.39, 0.29) is 79.9 Å². The number of anilines is 1. The van der Waals surface area contributed by atoms with Gasteiger partial charge in [-0.05, 0) is 37.6 Å². The van der Waals surface area contributed by atoms with Gasteiger partial charge >= 0.3 is 5.97 Å². The van der Waals surface area contributed by atoms with Crippen molar-refractivity contribution in [1.29, 1.82) is 0 Å². The van der Waals surface area contributed by atoms with Crippen LogP contribution >= 0.6 is 0 Å². The van der Waals surface area contributed by atoms with Crippen LogP contribution in [0.3, 0.4) is 0 Å². The first kappa shape index (κ1) is 41.0. The van der Waals surface area contributed by atoms with E-state index in [4.69, 9.17) is 24.1 Å². The van der Waals surface area contributed by atoms with Crippen LogP contribution in [-0.2, 0) is 48.1 Å². The quantitative estimate of drug-likeness (QED) is 0.113. The zero-order chi connectivity index (χ0) is 34.8. The lowest BCUT2D eigenvalue weighted by Crippen LogP contribution is -2.31. The second kappa shape index (κ2) is 25.1. The summed E-state index contributed by atoms with van der Waals surface area (Å²) >= 11 is 0. The number of sulfonamides is 1. The minimum Gasteiger partial charge on any atom is -0.481 e. The molecule has 262 valence electrons. The van der Waals surface area contributed by atoms with Crippen molar-refractivity contribution in [2.45, 2.75) is 24.7 Å². The Labute approximate surface area is 274 Å². The van der Waals surface area contributed by atoms with E-state index in [2.05, 4.69) is 25.1 Å². The Balaban J connectivity index is 0.00000122. The van der Waals surface area contributed by atoms with Crippen molar-refractivity contribution < 1.29 is 56.4 Å². The number of pyridine rings is 1. The van der Waals surface area contributed by atoms with E-state index in [1.165, 1.54) is 37.4 Å². The average molecular weight is 685 g/mol. The number of Topliss-reactive ketones (excluding diaryl/α,β-unsaturated/α-hetero) is 1. The van der Waals surface area contributed by atoms with Crippen LogP contribution in [0.1, 0.15) is 30.1 Å². The van der Waals surface area contributed by atoms with Crippen molar-refractivity contribution in [3.05, 3.63) is 54.2 Å². The number of methoxy groups -OCH3 is 1. The number of carboxylic acid groups (broad SMARTS) is 1. The molecule has 1 aromatic carbocycles. The number of benzene rings is 1. The number of ether oxygens (including phenoxy) is 5. The normalized spacial score (nSPS) is 10.8. The Bertz CT molecular complexity index is 1300. The first-order valence-corrected chi connectivity index (χ1v) is 16.1. The van der Waals surface area contributed by atoms with Gasteiger partial charge in [-0.1, -0.05) is 18.2 Å². The molecule has 47 heavy (non-hydrogen) atoms. The molecule has 0 saturated heterocycles. The number of carbonyl (C=O) groups excluding carboxylic acids is 3. The van der Waals surface area contributed by atoms with Gasteiger partial charge in [0.2, 0.25) is 5.91 Å². The first-order valence-electron chi connectivity index (χ1n) is 14.6. The molecule has 0 radical (unpaired) electrons. The van der Waals surface area contributed by atoms with Crippen LogP contribution < -0.4 is 15.4 Å². The molecule has 1 aromatic heterocycles. The molecular formula is C30H44N4O12S. The summed E-state index contributed by atoms with van der Waals surface area (Å²) in [6.45, 7) is 4.12. The number of aromatic nitrogens is 1. The highest BCUT2D eigenvalue weighted by molar-refractivity contribution is 7.92. The largest absolute Gasteiger partial charge is 0.481 e. The van der Waals surface area contributed by atoms with E-state index in [1.54, 1.807) is 25.3 Å². The number of nitrogens with zero attached hydrogens (tertiary/aromatic N) is 1. The Kier molecular flexibility index (Phi) is 21.9. The molecule has 0 saturated carbocycles. The molecule has 0 aliphatic rings. The minimum absolute atomic E-state index is 0.0497. The smallest absolute Gasteiger partial charge is 0.303 e. The molecule has 0 aliphatic carbocycles. The second-order valence-corrected chi connectivity index (χ2v) is 11.2. The molecule has 4 N–H and O–H groups in total. The summed E-state index contributed by atoms with van der Waals surface area (Å²) in [6.07, 6.45) is 2.08. The molecule has 17 heteroatoms. The number of nitrogens with one attached hydrogen (secondary N) is 3. The van der Waals surface area contributed by atoms with E-state index in [1.807, 2.05) is 0 Å². The molecule has 2 rings (SSSR count). The molecule has 1 heterocycles. The highest BCUT2D eigenvalue weighted by Gasteiger charge is 2.14. The van der Waals surface area contributed by atoms with Crippen molar-refractivity contribution in [2.24, 2.45) is 0 Å². The van der Waals surface area contributed by atoms with Gasteiger partial charge in [0.1, 0.15) is 19.0 Å². The summed E-state index contributed by atoms with van der Waals surface area (Å²) in [5.74, 6) is -1.39. The van der Waals surface area contributed by atoms with Crippen LogP contribution in [0, 0.1) is 0 Å². The van der Waals surface area contributed by atoms with E-state index in [0.717, 1.165) is 0 Å². The molecule has 0 atom stereocenters. The standard InChI is InChI=1S/C25H34N4O9S.C5H10O3/c1-20(30)18-37-15-13-35-11-9-26-24(31)19-38-16-14-36-12-10-27-25(32)21-7-8-23(28-17-21)29-39(33,34)22-5-3-2-4-6-22;1-8-4-2-3-5(6)7/h2-8,17H,9-16,18-19H2,1H3,(H,26,31)(H,27,32)(H,28,29);2-4H2,1H3,(H,6,7). The number of carboxylic acids is 1. The number of amides is 2. The maximum atomic E-state index is 12.3. The van der Waals surface area contributed by atoms with Crippen molar-refractivity contribution in [3.8, 4) is 0 Å². The Hall–Kier alpha value is -4.00. The van der Waals surface area contributed by atoms with Crippen LogP contribution in [0.15, 0.2) is 53.6 Å². The fraction of sp³-hybridized carbons (Fsp3) is 0.500. The van der Waals surface area contributed by atoms with Gasteiger partial charge in [0.15, 0.2) is 5.78 Å². The summed E-state index contributed by atoms with van der Waals surface area (Å²) in [5.41, 5.74) is 0.263. The number of aliphatic carboxylic acids is 1. The molecule has 2 amide bonds. The van der Waals surface area contributed by atoms with Gasteiger partial charge in [0, 0.05) is 39.4 Å². The lowest BCUT2D eigenvalue weighted by molar-refractivity contribution is -0.137. The number of ketones is 1. The predicted molar refractivity (Wildman–Crippen MR) is 170 cm³/mol. The number of rotatable bonds is 24. The monoisotopic (exact) mass is 684 g/mol. The van der Waals surface area contributed by atoms with Gasteiger partial charge < -0.3 is 39.4 Å². The maximum absolute atomic E-state index is 12.3. The van der Waals surface area contributed by atoms with Gasteiger partial charge in [-0.2, -0.15) is 0 Å². The van der Waals surface area contributed by atoms with E-state index in [9.17, 15) is 27.6 Å². The third-order valence-electron chi connectivity index (χ3n) is 5.44. The lowest BCUT2D eigenvalue weighted by atomic mass is 10.2. The van der Waals surface area contributed by atoms with Crippen LogP contribution in [-0.4, -0.2) is 122 Å². The Morgan fingerprint density at radius 2 is 1.40 bits per heavy atom. The van der Waals surface area contributed by atoms with Crippen LogP contribution in [0.25, 0.3) is 0 Å². The third-order valence-corrected chi connectivity index (χ3v) is 6.81. The van der Waals surface area contributed by atoms with E-state index >= 15 is 0 Å². The molecule has 0 aliphatic heterocycles. The van der Waals surface area contributed by atoms with Gasteiger partial charge in [0.05, 0.1) is 50.1 Å². The van der Waals surface area contributed by atoms with Crippen molar-refractivity contribution in [1.82, 2.24) is 15.6 Å². The molecule has 2 aromatic rings. The van der Waals surface area contributed by atoms with Crippen molar-refractivity contribution >= 4 is 39.4 Å². The molecule has 0 spiro atoms. The molecule has 0 bridgehead atoms. The highest BCUT2D eigenvalue weighted by Crippen LogP contribution is 2.14. The topological polar surface area (TPSA) is 218 Å². The van der Waals surface area contributed by atoms with Gasteiger partial charge in [-0.15, -0.1) is 0 Å². The van der Waals surface area contributed by atoms with Crippen LogP contribution in [0.2, 0.25) is 0 Å². The summed E-state index contributed by atoms with van der Waals surface area (Å²) in [4.78, 5) is 48.5. The summed E-state index contributed by atoms with van der Waals surface area (Å²) < 4.78 is 52.6. The average Bonchev–Trinajstić information content (AvgIpc) is 3.04. The summed E-state index contributed by atoms with van der Waals surface area (Å²) in [7, 11) is -2.21. The van der Waals surface area contributed by atoms with E-state index < -0.39 is 16.0 Å². The summed E-state index contributed by atoms with van der Waals surface area (Å²) in [6, 6.07) is 10.7. The third kappa shape index (κ3) is 21.4. The van der Waals surface area contributed by atoms with Gasteiger partial charge in [-0.25, -0.2) is 13.4 Å². The Morgan fingerprint density at radius 3 is 1.98 bits per heavy atom. The minimum atomic E-state index is -3.77. The first-order chi connectivity index (χ1) is 22.5. The lowest BCUT2D eigenvalue weighted by Gasteiger charge is -2.09. The SMILES string of the molecule is CC(=O)COCCOCCNC(=O)COCCOCCNC(=O)c1ccc(NS(=O)(=O)c2ccccc2)nc1.COCCCC(=O)O. The summed E-state index contributed by atoms with van der Waals surface area (Å²) in [5, 5.41) is 13.4. The number of carbonyl (C=O) groups is 4. The Morgan fingerprint density at radius 1 is 0.787 bits per heavy atom. The number of hydrogen-bond acceptors (Lipinski definition) is 12. The van der Waals surface area contributed by atoms with Gasteiger partial charge in [-0.3, -0.25) is 23.9 Å². The molecular weight excluding hydrogens is 640 g/mol. The molecule has 0 fully saturated rings. The van der Waals surface area contributed by atoms with Crippen molar-refractivity contribution in [2.75, 3.05) is 84.4 Å². The zero-order valence-corrected chi connectivity index (χ0v) is 27.4. The predicted octanol–water partition coefficient (Wildman–Crippen LogP) is 0.881. The zero-order valence-electron chi connectivity index (χ0n) is 26.6. The molecule has 16 nitrogen and oxygen atoms in total. The fourth-order valence-corrected chi connectivity index (χ4v) is 4.25. The number of hydrogen-bond donors (Lipinski definition) is 4. The molecule has 0 unspecified atom stereocenters. The van der Waals surface area contributed by atoms with Gasteiger partial charge in [0.25, 0.3) is 15.9 Å². The van der Waals surface area contributed by atoms with Crippen molar-refractivity contribution in [3.63, 3.8) is 0 Å². The van der Waals surface area contributed by atoms with E-state index in [0.29, 0.717) is 39.4 Å². The fourth-order valence-electron chi connectivity index (χ4n) is 3.23. The van der Waals surface area contributed by atoms with Crippen LogP contribution in [0.5, 0.6) is 0 Å². The van der Waals surface area contributed by atoms with Crippen LogP contribution in [0.4, 0.5) is 5.82 Å². The second-order valence-electron chi connectivity index (χ2n) is 9.48. The highest BCUT2D eigenvalue weighted by atomic mass is 32.2.